The van der Waals surface area contributed by atoms with Crippen molar-refractivity contribution in [2.75, 3.05) is 6.54 Å². The summed E-state index contributed by atoms with van der Waals surface area (Å²) in [6.07, 6.45) is 0.293. The van der Waals surface area contributed by atoms with Gasteiger partial charge in [-0.3, -0.25) is 13.9 Å². The van der Waals surface area contributed by atoms with Gasteiger partial charge in [-0.1, -0.05) is 35.9 Å². The Bertz CT molecular complexity index is 926. The zero-order valence-corrected chi connectivity index (χ0v) is 14.1. The second-order valence-electron chi connectivity index (χ2n) is 5.64. The van der Waals surface area contributed by atoms with Crippen LogP contribution in [-0.2, 0) is 24.8 Å². The normalized spacial score (nSPS) is 10.9. The highest BCUT2D eigenvalue weighted by Crippen LogP contribution is 2.11. The molecule has 0 fully saturated rings. The Morgan fingerprint density at radius 3 is 2.46 bits per heavy atom. The van der Waals surface area contributed by atoms with E-state index in [4.69, 9.17) is 11.6 Å². The number of carbonyl (C=O) groups excluding carboxylic acids is 1. The molecule has 0 saturated carbocycles. The Kier molecular flexibility index (Phi) is 4.71. The van der Waals surface area contributed by atoms with Crippen molar-refractivity contribution in [2.45, 2.75) is 13.0 Å². The number of carbonyl (C=O) groups is 1. The molecule has 1 amide bonds. The number of para-hydroxylation sites is 2. The number of benzene rings is 2. The molecule has 1 N–H and O–H groups in total. The lowest BCUT2D eigenvalue weighted by Gasteiger charge is -2.07. The van der Waals surface area contributed by atoms with E-state index in [2.05, 4.69) is 5.32 Å². The van der Waals surface area contributed by atoms with Crippen LogP contribution in [0.4, 0.5) is 0 Å². The topological polar surface area (TPSA) is 56.0 Å². The van der Waals surface area contributed by atoms with Gasteiger partial charge in [-0.05, 0) is 29.8 Å². The fourth-order valence-corrected chi connectivity index (χ4v) is 2.86. The maximum absolute atomic E-state index is 12.3. The number of amides is 1. The van der Waals surface area contributed by atoms with E-state index in [1.54, 1.807) is 28.3 Å². The third-order valence-electron chi connectivity index (χ3n) is 3.99. The fraction of sp³-hybridized carbons (Fsp3) is 0.222. The minimum Gasteiger partial charge on any atom is -0.354 e. The molecule has 2 aromatic carbocycles. The van der Waals surface area contributed by atoms with Crippen LogP contribution in [0.25, 0.3) is 11.0 Å². The Morgan fingerprint density at radius 2 is 1.75 bits per heavy atom. The molecule has 0 bridgehead atoms. The van der Waals surface area contributed by atoms with Crippen molar-refractivity contribution in [1.82, 2.24) is 14.5 Å². The molecule has 0 saturated heterocycles. The van der Waals surface area contributed by atoms with Crippen LogP contribution < -0.4 is 11.0 Å². The summed E-state index contributed by atoms with van der Waals surface area (Å²) in [7, 11) is 1.75. The van der Waals surface area contributed by atoms with E-state index >= 15 is 0 Å². The number of hydrogen-bond donors (Lipinski definition) is 1. The summed E-state index contributed by atoms with van der Waals surface area (Å²) in [5, 5.41) is 3.50. The molecule has 6 heteroatoms. The lowest BCUT2D eigenvalue weighted by atomic mass is 10.1. The van der Waals surface area contributed by atoms with E-state index in [0.717, 1.165) is 16.6 Å². The third kappa shape index (κ3) is 3.36. The number of hydrogen-bond acceptors (Lipinski definition) is 2. The molecule has 24 heavy (non-hydrogen) atoms. The summed E-state index contributed by atoms with van der Waals surface area (Å²) in [4.78, 5) is 24.3. The lowest BCUT2D eigenvalue weighted by molar-refractivity contribution is -0.120. The molecule has 0 radical (unpaired) electrons. The van der Waals surface area contributed by atoms with Gasteiger partial charge in [0.1, 0.15) is 0 Å². The van der Waals surface area contributed by atoms with Crippen LogP contribution in [0.1, 0.15) is 5.56 Å². The van der Waals surface area contributed by atoms with E-state index < -0.39 is 0 Å². The second-order valence-corrected chi connectivity index (χ2v) is 6.07. The Morgan fingerprint density at radius 1 is 1.08 bits per heavy atom. The number of imidazole rings is 1. The summed E-state index contributed by atoms with van der Waals surface area (Å²) < 4.78 is 3.29. The molecule has 5 nitrogen and oxygen atoms in total. The van der Waals surface area contributed by atoms with Crippen molar-refractivity contribution in [3.8, 4) is 0 Å². The van der Waals surface area contributed by atoms with Crippen LogP contribution in [0.3, 0.4) is 0 Å². The van der Waals surface area contributed by atoms with Gasteiger partial charge in [0.05, 0.1) is 17.5 Å². The van der Waals surface area contributed by atoms with Crippen LogP contribution >= 0.6 is 11.6 Å². The van der Waals surface area contributed by atoms with E-state index in [1.807, 2.05) is 36.4 Å². The average molecular weight is 344 g/mol. The standard InChI is InChI=1S/C18H18ClN3O2/c1-21-15-4-2-3-5-16(15)22(18(21)24)11-10-20-17(23)12-13-6-8-14(19)9-7-13/h2-9H,10-12H2,1H3,(H,20,23). The monoisotopic (exact) mass is 343 g/mol. The van der Waals surface area contributed by atoms with Gasteiger partial charge in [0.2, 0.25) is 5.91 Å². The van der Waals surface area contributed by atoms with Crippen molar-refractivity contribution in [3.63, 3.8) is 0 Å². The summed E-state index contributed by atoms with van der Waals surface area (Å²) in [6.45, 7) is 0.840. The molecule has 1 aromatic heterocycles. The molecule has 0 aliphatic heterocycles. The van der Waals surface area contributed by atoms with Gasteiger partial charge in [0.25, 0.3) is 0 Å². The Labute approximate surface area is 144 Å². The second kappa shape index (κ2) is 6.93. The number of nitrogens with one attached hydrogen (secondary N) is 1. The van der Waals surface area contributed by atoms with Gasteiger partial charge < -0.3 is 5.32 Å². The molecule has 3 rings (SSSR count). The van der Waals surface area contributed by atoms with Gasteiger partial charge in [-0.15, -0.1) is 0 Å². The largest absolute Gasteiger partial charge is 0.354 e. The van der Waals surface area contributed by atoms with Crippen LogP contribution in [0, 0.1) is 0 Å². The zero-order valence-electron chi connectivity index (χ0n) is 13.3. The molecule has 0 unspecified atom stereocenters. The first-order chi connectivity index (χ1) is 11.6. The fourth-order valence-electron chi connectivity index (χ4n) is 2.74. The highest BCUT2D eigenvalue weighted by Gasteiger charge is 2.10. The first-order valence-electron chi connectivity index (χ1n) is 7.71. The van der Waals surface area contributed by atoms with Crippen molar-refractivity contribution < 1.29 is 4.79 Å². The minimum atomic E-state index is -0.0804. The van der Waals surface area contributed by atoms with Crippen molar-refractivity contribution in [2.24, 2.45) is 7.05 Å². The SMILES string of the molecule is Cn1c(=O)n(CCNC(=O)Cc2ccc(Cl)cc2)c2ccccc21. The van der Waals surface area contributed by atoms with Gasteiger partial charge >= 0.3 is 5.69 Å². The quantitative estimate of drug-likeness (QED) is 0.773. The van der Waals surface area contributed by atoms with Crippen LogP contribution in [0.2, 0.25) is 5.02 Å². The highest BCUT2D eigenvalue weighted by molar-refractivity contribution is 6.30. The first-order valence-corrected chi connectivity index (χ1v) is 8.09. The highest BCUT2D eigenvalue weighted by atomic mass is 35.5. The van der Waals surface area contributed by atoms with Crippen molar-refractivity contribution in [3.05, 3.63) is 69.6 Å². The molecule has 0 aliphatic carbocycles. The van der Waals surface area contributed by atoms with E-state index in [-0.39, 0.29) is 11.6 Å². The van der Waals surface area contributed by atoms with Crippen LogP contribution in [0.15, 0.2) is 53.3 Å². The van der Waals surface area contributed by atoms with E-state index in [9.17, 15) is 9.59 Å². The summed E-state index contributed by atoms with van der Waals surface area (Å²) in [6, 6.07) is 14.8. The summed E-state index contributed by atoms with van der Waals surface area (Å²) >= 11 is 5.83. The molecule has 0 aliphatic rings. The number of aromatic nitrogens is 2. The predicted octanol–water partition coefficient (Wildman–Crippen LogP) is 2.35. The molecule has 3 aromatic rings. The van der Waals surface area contributed by atoms with Crippen molar-refractivity contribution in [1.29, 1.82) is 0 Å². The summed E-state index contributed by atoms with van der Waals surface area (Å²) in [5.74, 6) is -0.0781. The number of fused-ring (bicyclic) bond motifs is 1. The molecule has 1 heterocycles. The maximum atomic E-state index is 12.3. The predicted molar refractivity (Wildman–Crippen MR) is 95.3 cm³/mol. The smallest absolute Gasteiger partial charge is 0.328 e. The maximum Gasteiger partial charge on any atom is 0.328 e. The van der Waals surface area contributed by atoms with E-state index in [0.29, 0.717) is 24.5 Å². The molecule has 124 valence electrons. The lowest BCUT2D eigenvalue weighted by Crippen LogP contribution is -2.32. The Balaban J connectivity index is 1.62. The minimum absolute atomic E-state index is 0.0781. The Hall–Kier alpha value is -2.53. The number of halogens is 1. The molecular formula is C18H18ClN3O2. The zero-order chi connectivity index (χ0) is 17.1. The molecule has 0 spiro atoms. The van der Waals surface area contributed by atoms with Gasteiger partial charge in [0, 0.05) is 25.2 Å². The van der Waals surface area contributed by atoms with Crippen molar-refractivity contribution >= 4 is 28.5 Å². The number of rotatable bonds is 5. The summed E-state index contributed by atoms with van der Waals surface area (Å²) in [5.41, 5.74) is 2.58. The first kappa shape index (κ1) is 16.3. The molecule has 0 atom stereocenters. The van der Waals surface area contributed by atoms with Gasteiger partial charge in [-0.2, -0.15) is 0 Å². The number of aryl methyl sites for hydroxylation is 1. The van der Waals surface area contributed by atoms with Crippen LogP contribution in [0.5, 0.6) is 0 Å². The number of nitrogens with zero attached hydrogens (tertiary/aromatic N) is 2. The van der Waals surface area contributed by atoms with Gasteiger partial charge in [-0.25, -0.2) is 4.79 Å². The molecular weight excluding hydrogens is 326 g/mol. The third-order valence-corrected chi connectivity index (χ3v) is 4.24. The van der Waals surface area contributed by atoms with Crippen LogP contribution in [-0.4, -0.2) is 21.6 Å². The van der Waals surface area contributed by atoms with Gasteiger partial charge in [0.15, 0.2) is 0 Å². The average Bonchev–Trinajstić information content (AvgIpc) is 2.82. The van der Waals surface area contributed by atoms with E-state index in [1.165, 1.54) is 0 Å².